The molecule has 0 spiro atoms. The maximum Gasteiger partial charge on any atom is 0.434 e. The minimum absolute atomic E-state index is 0. The highest BCUT2D eigenvalue weighted by Gasteiger charge is 2.34. The molecule has 0 radical (unpaired) electrons. The van der Waals surface area contributed by atoms with Gasteiger partial charge in [0, 0.05) is 37.9 Å². The number of nitrogens with one attached hydrogen (secondary N) is 1. The summed E-state index contributed by atoms with van der Waals surface area (Å²) in [6.45, 7) is 4.04. The summed E-state index contributed by atoms with van der Waals surface area (Å²) in [5.74, 6) is 1.18. The topological polar surface area (TPSA) is 58.3 Å². The average molecular weight is 514 g/mol. The summed E-state index contributed by atoms with van der Waals surface area (Å²) >= 11 is 0.995. The third kappa shape index (κ3) is 5.33. The van der Waals surface area contributed by atoms with Crippen molar-refractivity contribution in [3.8, 4) is 0 Å². The minimum Gasteiger partial charge on any atom is -0.350 e. The van der Waals surface area contributed by atoms with Gasteiger partial charge >= 0.3 is 6.18 Å². The number of likely N-dealkylation sites (tertiary alicyclic amines) is 1. The monoisotopic (exact) mass is 514 g/mol. The van der Waals surface area contributed by atoms with Gasteiger partial charge in [-0.2, -0.15) is 13.2 Å². The molecule has 6 nitrogen and oxygen atoms in total. The maximum absolute atomic E-state index is 12.7. The van der Waals surface area contributed by atoms with Gasteiger partial charge in [-0.1, -0.05) is 6.92 Å². The molecule has 2 aromatic rings. The second kappa shape index (κ2) is 9.22. The van der Waals surface area contributed by atoms with Crippen molar-refractivity contribution >= 4 is 41.3 Å². The van der Waals surface area contributed by atoms with Gasteiger partial charge in [-0.3, -0.25) is 4.99 Å². The average Bonchev–Trinajstić information content (AvgIpc) is 3.27. The fourth-order valence-electron chi connectivity index (χ4n) is 3.10. The number of piperidine rings is 1. The van der Waals surface area contributed by atoms with E-state index in [1.54, 1.807) is 13.2 Å². The molecular formula is C16H22F3IN6S. The highest BCUT2D eigenvalue weighted by atomic mass is 127. The van der Waals surface area contributed by atoms with Gasteiger partial charge in [-0.25, -0.2) is 9.97 Å². The first-order valence-electron chi connectivity index (χ1n) is 8.33. The van der Waals surface area contributed by atoms with Crippen LogP contribution in [0.3, 0.4) is 0 Å². The zero-order valence-corrected chi connectivity index (χ0v) is 18.1. The van der Waals surface area contributed by atoms with E-state index in [9.17, 15) is 13.2 Å². The Morgan fingerprint density at radius 1 is 1.44 bits per heavy atom. The van der Waals surface area contributed by atoms with Crippen molar-refractivity contribution in [3.05, 3.63) is 34.8 Å². The van der Waals surface area contributed by atoms with Crippen molar-refractivity contribution in [1.29, 1.82) is 0 Å². The first-order valence-corrected chi connectivity index (χ1v) is 9.21. The van der Waals surface area contributed by atoms with Crippen molar-refractivity contribution in [2.75, 3.05) is 20.1 Å². The van der Waals surface area contributed by atoms with Gasteiger partial charge in [0.25, 0.3) is 0 Å². The van der Waals surface area contributed by atoms with E-state index in [-0.39, 0.29) is 36.6 Å². The van der Waals surface area contributed by atoms with Gasteiger partial charge in [-0.05, 0) is 12.3 Å². The normalized spacial score (nSPS) is 21.1. The Kier molecular flexibility index (Phi) is 7.48. The summed E-state index contributed by atoms with van der Waals surface area (Å²) in [4.78, 5) is 14.2. The van der Waals surface area contributed by atoms with E-state index in [1.165, 1.54) is 0 Å². The molecule has 0 saturated carbocycles. The van der Waals surface area contributed by atoms with Crippen LogP contribution in [0, 0.1) is 5.92 Å². The van der Waals surface area contributed by atoms with E-state index < -0.39 is 11.9 Å². The number of halogens is 4. The molecule has 1 aliphatic rings. The predicted molar refractivity (Wildman–Crippen MR) is 109 cm³/mol. The van der Waals surface area contributed by atoms with Gasteiger partial charge in [0.05, 0.1) is 18.9 Å². The molecule has 11 heteroatoms. The molecule has 150 valence electrons. The summed E-state index contributed by atoms with van der Waals surface area (Å²) in [5.41, 5.74) is -0.846. The van der Waals surface area contributed by atoms with Crippen LogP contribution in [-0.4, -0.2) is 45.5 Å². The molecule has 0 aromatic carbocycles. The molecule has 0 amide bonds. The van der Waals surface area contributed by atoms with Crippen LogP contribution in [0.1, 0.15) is 30.1 Å². The summed E-state index contributed by atoms with van der Waals surface area (Å²) in [5, 5.41) is 4.56. The van der Waals surface area contributed by atoms with E-state index in [0.29, 0.717) is 16.9 Å². The fraction of sp³-hybridized carbons (Fsp3) is 0.562. The molecule has 1 N–H and O–H groups in total. The fourth-order valence-corrected chi connectivity index (χ4v) is 3.84. The smallest absolute Gasteiger partial charge is 0.350 e. The van der Waals surface area contributed by atoms with Crippen LogP contribution in [0.5, 0.6) is 0 Å². The second-order valence-corrected chi connectivity index (χ2v) is 7.26. The Hall–Kier alpha value is -1.37. The zero-order valence-electron chi connectivity index (χ0n) is 15.0. The number of thiazole rings is 1. The zero-order chi connectivity index (χ0) is 18.7. The van der Waals surface area contributed by atoms with Crippen molar-refractivity contribution in [2.24, 2.45) is 10.9 Å². The highest BCUT2D eigenvalue weighted by Crippen LogP contribution is 2.30. The number of imidazole rings is 1. The Morgan fingerprint density at radius 2 is 2.22 bits per heavy atom. The number of nitrogens with zero attached hydrogens (tertiary/aromatic N) is 5. The molecule has 0 bridgehead atoms. The first kappa shape index (κ1) is 21.9. The molecule has 27 heavy (non-hydrogen) atoms. The van der Waals surface area contributed by atoms with E-state index in [1.807, 2.05) is 12.5 Å². The number of hydrogen-bond donors (Lipinski definition) is 1. The van der Waals surface area contributed by atoms with E-state index in [2.05, 4.69) is 36.7 Å². The van der Waals surface area contributed by atoms with Gasteiger partial charge in [0.1, 0.15) is 5.01 Å². The molecule has 1 fully saturated rings. The van der Waals surface area contributed by atoms with E-state index in [4.69, 9.17) is 0 Å². The van der Waals surface area contributed by atoms with Gasteiger partial charge in [-0.15, -0.1) is 35.3 Å². The molecule has 3 heterocycles. The van der Waals surface area contributed by atoms with Crippen molar-refractivity contribution in [3.63, 3.8) is 0 Å². The number of aromatic nitrogens is 3. The molecule has 0 aliphatic carbocycles. The highest BCUT2D eigenvalue weighted by molar-refractivity contribution is 14.0. The lowest BCUT2D eigenvalue weighted by Gasteiger charge is -2.39. The van der Waals surface area contributed by atoms with Crippen molar-refractivity contribution < 1.29 is 13.2 Å². The maximum atomic E-state index is 12.7. The van der Waals surface area contributed by atoms with Gasteiger partial charge in [0.15, 0.2) is 11.7 Å². The molecule has 1 aliphatic heterocycles. The number of rotatable bonds is 3. The Morgan fingerprint density at radius 3 is 2.81 bits per heavy atom. The van der Waals surface area contributed by atoms with E-state index >= 15 is 0 Å². The lowest BCUT2D eigenvalue weighted by Crippen LogP contribution is -2.48. The van der Waals surface area contributed by atoms with Crippen LogP contribution in [-0.2, 0) is 12.7 Å². The summed E-state index contributed by atoms with van der Waals surface area (Å²) in [6, 6.07) is 0.279. The van der Waals surface area contributed by atoms with Gasteiger partial charge in [0.2, 0.25) is 0 Å². The van der Waals surface area contributed by atoms with E-state index in [0.717, 1.165) is 36.2 Å². The first-order chi connectivity index (χ1) is 12.4. The van der Waals surface area contributed by atoms with Crippen LogP contribution in [0.25, 0.3) is 0 Å². The SMILES string of the molecule is CN=C(NCc1nc(C(F)(F)F)cs1)N1CCC(C)C(n2ccnc2)C1.I. The summed E-state index contributed by atoms with van der Waals surface area (Å²) < 4.78 is 40.1. The lowest BCUT2D eigenvalue weighted by molar-refractivity contribution is -0.140. The largest absolute Gasteiger partial charge is 0.434 e. The standard InChI is InChI=1S/C16H21F3N6S.HI/c1-11-3-5-24(8-12(11)25-6-4-21-10-25)15(20-2)22-7-14-23-13(9-26-14)16(17,18)19;/h4,6,9-12H,3,5,7-8H2,1-2H3,(H,20,22);1H. The number of hydrogen-bond acceptors (Lipinski definition) is 4. The van der Waals surface area contributed by atoms with Crippen molar-refractivity contribution in [2.45, 2.75) is 32.1 Å². The van der Waals surface area contributed by atoms with Crippen LogP contribution in [0.4, 0.5) is 13.2 Å². The quantitative estimate of drug-likeness (QED) is 0.386. The molecule has 2 atom stereocenters. The van der Waals surface area contributed by atoms with Crippen LogP contribution in [0.15, 0.2) is 29.1 Å². The Labute approximate surface area is 176 Å². The number of alkyl halides is 3. The van der Waals surface area contributed by atoms with Gasteiger partial charge < -0.3 is 14.8 Å². The summed E-state index contributed by atoms with van der Waals surface area (Å²) in [6.07, 6.45) is 2.13. The molecule has 3 rings (SSSR count). The third-order valence-electron chi connectivity index (χ3n) is 4.58. The van der Waals surface area contributed by atoms with Crippen LogP contribution < -0.4 is 5.32 Å². The molecule has 2 unspecified atom stereocenters. The molecule has 1 saturated heterocycles. The number of aliphatic imine (C=N–C) groups is 1. The molecular weight excluding hydrogens is 492 g/mol. The Bertz CT molecular complexity index is 746. The third-order valence-corrected chi connectivity index (χ3v) is 5.43. The predicted octanol–water partition coefficient (Wildman–Crippen LogP) is 3.63. The Balaban J connectivity index is 0.00000261. The summed E-state index contributed by atoms with van der Waals surface area (Å²) in [7, 11) is 1.68. The van der Waals surface area contributed by atoms with Crippen molar-refractivity contribution in [1.82, 2.24) is 24.8 Å². The second-order valence-electron chi connectivity index (χ2n) is 6.31. The minimum atomic E-state index is -4.41. The van der Waals surface area contributed by atoms with Crippen LogP contribution >= 0.6 is 35.3 Å². The lowest BCUT2D eigenvalue weighted by atomic mass is 9.93. The number of guanidine groups is 1. The van der Waals surface area contributed by atoms with Crippen LogP contribution in [0.2, 0.25) is 0 Å². The molecule has 2 aromatic heterocycles.